The molecule has 0 radical (unpaired) electrons. The largest absolute Gasteiger partial charge is 0.377 e. The number of β-lactam (4-membered cyclic amide) rings is 1. The maximum atomic E-state index is 13.4. The molecule has 32 heavy (non-hydrogen) atoms. The fraction of sp³-hybridized carbons (Fsp3) is 0.231. The topological polar surface area (TPSA) is 53.3 Å². The number of methoxy groups -OCH3 is 1. The molecule has 0 aliphatic carbocycles. The second-order valence-corrected chi connectivity index (χ2v) is 7.83. The molecule has 1 amide bonds. The minimum Gasteiger partial charge on any atom is -0.377 e. The van der Waals surface area contributed by atoms with Crippen molar-refractivity contribution in [3.8, 4) is 6.07 Å². The molecule has 3 atom stereocenters. The molecule has 4 rings (SSSR count). The predicted octanol–water partition coefficient (Wildman–Crippen LogP) is 5.71. The van der Waals surface area contributed by atoms with Crippen LogP contribution >= 0.6 is 0 Å². The standard InChI is InChI=1S/C26H22F2N2O2/c1-32-24(18-5-7-20(27)8-6-18)14-13-23-25(19-4-2-3-17(15-19)16-29)30(26(23)31)22-11-9-21(28)10-12-22/h2-12,15,23-25H,13-14H2,1H3. The quantitative estimate of drug-likeness (QED) is 0.450. The van der Waals surface area contributed by atoms with E-state index in [1.165, 1.54) is 24.3 Å². The van der Waals surface area contributed by atoms with Crippen LogP contribution in [0.2, 0.25) is 0 Å². The van der Waals surface area contributed by atoms with E-state index in [1.54, 1.807) is 54.5 Å². The summed E-state index contributed by atoms with van der Waals surface area (Å²) in [6, 6.07) is 21.0. The van der Waals surface area contributed by atoms with Crippen molar-refractivity contribution in [2.45, 2.75) is 25.0 Å². The molecule has 162 valence electrons. The second-order valence-electron chi connectivity index (χ2n) is 7.83. The number of hydrogen-bond donors (Lipinski definition) is 0. The van der Waals surface area contributed by atoms with Crippen LogP contribution < -0.4 is 4.90 Å². The summed E-state index contributed by atoms with van der Waals surface area (Å²) in [5.74, 6) is -1.06. The number of carbonyl (C=O) groups excluding carboxylic acids is 1. The van der Waals surface area contributed by atoms with Gasteiger partial charge in [0.2, 0.25) is 5.91 Å². The SMILES string of the molecule is COC(CCC1C(=O)N(c2ccc(F)cc2)C1c1cccc(C#N)c1)c1ccc(F)cc1. The Hall–Kier alpha value is -3.56. The molecule has 6 heteroatoms. The normalized spacial score (nSPS) is 18.7. The fourth-order valence-corrected chi connectivity index (χ4v) is 4.32. The highest BCUT2D eigenvalue weighted by atomic mass is 19.1. The maximum absolute atomic E-state index is 13.4. The number of anilines is 1. The second kappa shape index (κ2) is 9.29. The number of nitriles is 1. The molecule has 0 bridgehead atoms. The third-order valence-electron chi connectivity index (χ3n) is 5.94. The third-order valence-corrected chi connectivity index (χ3v) is 5.94. The lowest BCUT2D eigenvalue weighted by Crippen LogP contribution is -2.55. The Morgan fingerprint density at radius 3 is 2.31 bits per heavy atom. The van der Waals surface area contributed by atoms with Crippen molar-refractivity contribution < 1.29 is 18.3 Å². The van der Waals surface area contributed by atoms with E-state index in [2.05, 4.69) is 6.07 Å². The van der Waals surface area contributed by atoms with Crippen LogP contribution in [0.25, 0.3) is 0 Å². The predicted molar refractivity (Wildman–Crippen MR) is 117 cm³/mol. The van der Waals surface area contributed by atoms with E-state index in [4.69, 9.17) is 4.74 Å². The van der Waals surface area contributed by atoms with Gasteiger partial charge < -0.3 is 9.64 Å². The first-order valence-corrected chi connectivity index (χ1v) is 10.4. The summed E-state index contributed by atoms with van der Waals surface area (Å²) < 4.78 is 32.3. The van der Waals surface area contributed by atoms with Gasteiger partial charge in [-0.05, 0) is 72.5 Å². The van der Waals surface area contributed by atoms with Crippen LogP contribution in [0.5, 0.6) is 0 Å². The Kier molecular flexibility index (Phi) is 6.29. The molecular formula is C26H22F2N2O2. The van der Waals surface area contributed by atoms with Crippen molar-refractivity contribution >= 4 is 11.6 Å². The van der Waals surface area contributed by atoms with Crippen molar-refractivity contribution in [3.05, 3.63) is 101 Å². The van der Waals surface area contributed by atoms with Crippen LogP contribution in [0.1, 0.15) is 41.7 Å². The molecule has 1 heterocycles. The van der Waals surface area contributed by atoms with Crippen LogP contribution in [0.4, 0.5) is 14.5 Å². The maximum Gasteiger partial charge on any atom is 0.233 e. The minimum atomic E-state index is -0.372. The number of nitrogens with zero attached hydrogens (tertiary/aromatic N) is 2. The lowest BCUT2D eigenvalue weighted by molar-refractivity contribution is -0.131. The van der Waals surface area contributed by atoms with E-state index in [0.29, 0.717) is 24.1 Å². The van der Waals surface area contributed by atoms with Gasteiger partial charge in [-0.15, -0.1) is 0 Å². The first-order valence-electron chi connectivity index (χ1n) is 10.4. The average Bonchev–Trinajstić information content (AvgIpc) is 2.82. The van der Waals surface area contributed by atoms with Gasteiger partial charge in [-0.1, -0.05) is 24.3 Å². The Labute approximate surface area is 185 Å². The lowest BCUT2D eigenvalue weighted by atomic mass is 9.78. The summed E-state index contributed by atoms with van der Waals surface area (Å²) in [6.45, 7) is 0. The lowest BCUT2D eigenvalue weighted by Gasteiger charge is -2.48. The summed E-state index contributed by atoms with van der Waals surface area (Å²) >= 11 is 0. The number of amides is 1. The molecule has 3 aromatic rings. The van der Waals surface area contributed by atoms with Gasteiger partial charge in [0, 0.05) is 12.8 Å². The molecular weight excluding hydrogens is 410 g/mol. The molecule has 0 spiro atoms. The molecule has 0 aromatic heterocycles. The number of rotatable bonds is 7. The van der Waals surface area contributed by atoms with Crippen molar-refractivity contribution in [1.29, 1.82) is 5.26 Å². The van der Waals surface area contributed by atoms with Crippen molar-refractivity contribution in [1.82, 2.24) is 0 Å². The molecule has 1 saturated heterocycles. The summed E-state index contributed by atoms with van der Waals surface area (Å²) in [7, 11) is 1.59. The Morgan fingerprint density at radius 1 is 1.03 bits per heavy atom. The number of carbonyl (C=O) groups is 1. The zero-order chi connectivity index (χ0) is 22.7. The van der Waals surface area contributed by atoms with Gasteiger partial charge >= 0.3 is 0 Å². The first kappa shape index (κ1) is 21.7. The summed E-state index contributed by atoms with van der Waals surface area (Å²) in [4.78, 5) is 14.8. The van der Waals surface area contributed by atoms with Crippen molar-refractivity contribution in [3.63, 3.8) is 0 Å². The van der Waals surface area contributed by atoms with Crippen LogP contribution in [-0.4, -0.2) is 13.0 Å². The number of hydrogen-bond acceptors (Lipinski definition) is 3. The average molecular weight is 432 g/mol. The third kappa shape index (κ3) is 4.25. The fourth-order valence-electron chi connectivity index (χ4n) is 4.32. The van der Waals surface area contributed by atoms with Gasteiger partial charge in [0.25, 0.3) is 0 Å². The molecule has 3 unspecified atom stereocenters. The van der Waals surface area contributed by atoms with E-state index < -0.39 is 0 Å². The monoisotopic (exact) mass is 432 g/mol. The highest BCUT2D eigenvalue weighted by Gasteiger charge is 2.48. The number of benzene rings is 3. The zero-order valence-electron chi connectivity index (χ0n) is 17.5. The van der Waals surface area contributed by atoms with Gasteiger partial charge in [0.15, 0.2) is 0 Å². The minimum absolute atomic E-state index is 0.0575. The Bertz CT molecular complexity index is 1140. The van der Waals surface area contributed by atoms with Gasteiger partial charge in [-0.25, -0.2) is 8.78 Å². The van der Waals surface area contributed by atoms with E-state index in [0.717, 1.165) is 11.1 Å². The van der Waals surface area contributed by atoms with Gasteiger partial charge in [-0.3, -0.25) is 4.79 Å². The molecule has 1 aliphatic heterocycles. The smallest absolute Gasteiger partial charge is 0.233 e. The molecule has 3 aromatic carbocycles. The summed E-state index contributed by atoms with van der Waals surface area (Å²) in [6.07, 6.45) is 0.854. The van der Waals surface area contributed by atoms with Gasteiger partial charge in [0.05, 0.1) is 29.7 Å². The Morgan fingerprint density at radius 2 is 1.69 bits per heavy atom. The summed E-state index contributed by atoms with van der Waals surface area (Å²) in [5.41, 5.74) is 2.83. The zero-order valence-corrected chi connectivity index (χ0v) is 17.5. The van der Waals surface area contributed by atoms with Crippen LogP contribution in [-0.2, 0) is 9.53 Å². The van der Waals surface area contributed by atoms with Crippen molar-refractivity contribution in [2.24, 2.45) is 5.92 Å². The first-order chi connectivity index (χ1) is 15.5. The van der Waals surface area contributed by atoms with E-state index in [-0.39, 0.29) is 35.6 Å². The van der Waals surface area contributed by atoms with Crippen LogP contribution in [0.3, 0.4) is 0 Å². The van der Waals surface area contributed by atoms with Crippen LogP contribution in [0, 0.1) is 28.9 Å². The Balaban J connectivity index is 1.59. The van der Waals surface area contributed by atoms with Gasteiger partial charge in [0.1, 0.15) is 11.6 Å². The molecule has 0 saturated carbocycles. The number of ether oxygens (including phenoxy) is 1. The molecule has 4 nitrogen and oxygen atoms in total. The molecule has 1 fully saturated rings. The molecule has 1 aliphatic rings. The van der Waals surface area contributed by atoms with Crippen molar-refractivity contribution in [2.75, 3.05) is 12.0 Å². The molecule has 0 N–H and O–H groups in total. The van der Waals surface area contributed by atoms with E-state index >= 15 is 0 Å². The number of halogens is 2. The van der Waals surface area contributed by atoms with Gasteiger partial charge in [-0.2, -0.15) is 5.26 Å². The van der Waals surface area contributed by atoms with E-state index in [9.17, 15) is 18.8 Å². The highest BCUT2D eigenvalue weighted by Crippen LogP contribution is 2.46. The van der Waals surface area contributed by atoms with E-state index in [1.807, 2.05) is 6.07 Å². The highest BCUT2D eigenvalue weighted by molar-refractivity contribution is 6.03. The van der Waals surface area contributed by atoms with Crippen LogP contribution in [0.15, 0.2) is 72.8 Å². The summed E-state index contributed by atoms with van der Waals surface area (Å²) in [5, 5.41) is 9.30.